The molecule has 1 aliphatic rings. The van der Waals surface area contributed by atoms with Crippen molar-refractivity contribution in [2.75, 3.05) is 0 Å². The summed E-state index contributed by atoms with van der Waals surface area (Å²) in [6, 6.07) is 14.3. The van der Waals surface area contributed by atoms with Gasteiger partial charge in [0, 0.05) is 22.3 Å². The maximum Gasteiger partial charge on any atom is 0.147 e. The molecule has 0 N–H and O–H groups in total. The molecule has 0 atom stereocenters. The molecule has 108 valence electrons. The van der Waals surface area contributed by atoms with Crippen LogP contribution in [0.4, 0.5) is 4.39 Å². The molecule has 21 heavy (non-hydrogen) atoms. The Morgan fingerprint density at radius 2 is 1.52 bits per heavy atom. The topological polar surface area (TPSA) is 4.93 Å². The molecule has 0 unspecified atom stereocenters. The van der Waals surface area contributed by atoms with Gasteiger partial charge in [-0.1, -0.05) is 56.0 Å². The first-order valence-corrected chi connectivity index (χ1v) is 8.03. The Balaban J connectivity index is 2.04. The van der Waals surface area contributed by atoms with Crippen molar-refractivity contribution in [2.45, 2.75) is 44.6 Å². The molecule has 1 nitrogen and oxygen atoms in total. The van der Waals surface area contributed by atoms with Crippen molar-refractivity contribution in [3.63, 3.8) is 0 Å². The van der Waals surface area contributed by atoms with Crippen LogP contribution in [0, 0.1) is 5.82 Å². The number of rotatable bonds is 1. The molecule has 1 heterocycles. The Bertz CT molecular complexity index is 779. The van der Waals surface area contributed by atoms with Crippen molar-refractivity contribution in [3.05, 3.63) is 48.3 Å². The minimum absolute atomic E-state index is 0.0899. The maximum absolute atomic E-state index is 14.5. The van der Waals surface area contributed by atoms with E-state index in [4.69, 9.17) is 0 Å². The van der Waals surface area contributed by atoms with Crippen LogP contribution < -0.4 is 0 Å². The molecule has 3 aromatic rings. The number of hydrogen-bond donors (Lipinski definition) is 0. The zero-order chi connectivity index (χ0) is 14.2. The molecule has 0 bridgehead atoms. The van der Waals surface area contributed by atoms with Crippen LogP contribution in [-0.2, 0) is 0 Å². The predicted molar refractivity (Wildman–Crippen MR) is 86.1 cm³/mol. The molecule has 1 saturated carbocycles. The number of nitrogens with zero attached hydrogens (tertiary/aromatic N) is 1. The van der Waals surface area contributed by atoms with Gasteiger partial charge in [0.1, 0.15) is 5.82 Å². The van der Waals surface area contributed by atoms with Crippen molar-refractivity contribution >= 4 is 21.8 Å². The number of aromatic nitrogens is 1. The highest BCUT2D eigenvalue weighted by atomic mass is 19.1. The molecule has 0 spiro atoms. The first-order valence-electron chi connectivity index (χ1n) is 8.03. The molecule has 0 aliphatic heterocycles. The van der Waals surface area contributed by atoms with Gasteiger partial charge in [0.05, 0.1) is 5.52 Å². The minimum atomic E-state index is -0.0899. The summed E-state index contributed by atoms with van der Waals surface area (Å²) in [6.07, 6.45) is 7.48. The van der Waals surface area contributed by atoms with E-state index in [2.05, 4.69) is 22.8 Å². The number of fused-ring (bicyclic) bond motifs is 3. The second-order valence-electron chi connectivity index (χ2n) is 6.17. The Hall–Kier alpha value is -1.83. The van der Waals surface area contributed by atoms with Crippen LogP contribution in [0.15, 0.2) is 42.5 Å². The maximum atomic E-state index is 14.5. The summed E-state index contributed by atoms with van der Waals surface area (Å²) in [5, 5.41) is 2.23. The van der Waals surface area contributed by atoms with Crippen molar-refractivity contribution in [1.82, 2.24) is 4.57 Å². The first kappa shape index (κ1) is 12.9. The molecule has 1 aliphatic carbocycles. The van der Waals surface area contributed by atoms with Crippen LogP contribution in [0.5, 0.6) is 0 Å². The summed E-state index contributed by atoms with van der Waals surface area (Å²) in [7, 11) is 0. The van der Waals surface area contributed by atoms with Crippen LogP contribution in [0.25, 0.3) is 21.8 Å². The van der Waals surface area contributed by atoms with Crippen LogP contribution in [-0.4, -0.2) is 4.57 Å². The summed E-state index contributed by atoms with van der Waals surface area (Å²) in [5.41, 5.74) is 1.98. The van der Waals surface area contributed by atoms with Crippen LogP contribution >= 0.6 is 0 Å². The van der Waals surface area contributed by atoms with Crippen molar-refractivity contribution in [3.8, 4) is 0 Å². The van der Waals surface area contributed by atoms with E-state index in [1.54, 1.807) is 6.07 Å². The summed E-state index contributed by atoms with van der Waals surface area (Å²) < 4.78 is 16.8. The van der Waals surface area contributed by atoms with Crippen molar-refractivity contribution in [2.24, 2.45) is 0 Å². The molecular formula is C19H20FN. The number of para-hydroxylation sites is 2. The zero-order valence-corrected chi connectivity index (χ0v) is 12.2. The smallest absolute Gasteiger partial charge is 0.147 e. The van der Waals surface area contributed by atoms with Gasteiger partial charge in [0.25, 0.3) is 0 Å². The highest BCUT2D eigenvalue weighted by Crippen LogP contribution is 2.37. The van der Waals surface area contributed by atoms with E-state index in [9.17, 15) is 4.39 Å². The monoisotopic (exact) mass is 281 g/mol. The molecule has 1 fully saturated rings. The molecule has 2 aromatic carbocycles. The van der Waals surface area contributed by atoms with Gasteiger partial charge in [-0.25, -0.2) is 4.39 Å². The van der Waals surface area contributed by atoms with Gasteiger partial charge >= 0.3 is 0 Å². The van der Waals surface area contributed by atoms with Crippen LogP contribution in [0.3, 0.4) is 0 Å². The number of halogens is 1. The molecule has 2 heteroatoms. The Morgan fingerprint density at radius 3 is 2.33 bits per heavy atom. The first-order chi connectivity index (χ1) is 10.4. The lowest BCUT2D eigenvalue weighted by molar-refractivity contribution is 0.462. The highest BCUT2D eigenvalue weighted by Gasteiger charge is 2.21. The van der Waals surface area contributed by atoms with Gasteiger partial charge in [-0.05, 0) is 25.0 Å². The molecule has 1 aromatic heterocycles. The SMILES string of the molecule is Fc1cccc2c3ccccc3n(C3CCCCCC3)c12. The van der Waals surface area contributed by atoms with Gasteiger partial charge in [0.2, 0.25) is 0 Å². The molecule has 4 rings (SSSR count). The fraction of sp³-hybridized carbons (Fsp3) is 0.368. The predicted octanol–water partition coefficient (Wildman–Crippen LogP) is 5.83. The number of hydrogen-bond acceptors (Lipinski definition) is 0. The lowest BCUT2D eigenvalue weighted by atomic mass is 10.1. The summed E-state index contributed by atoms with van der Waals surface area (Å²) in [6.45, 7) is 0. The van der Waals surface area contributed by atoms with Crippen molar-refractivity contribution < 1.29 is 4.39 Å². The molecule has 0 radical (unpaired) electrons. The van der Waals surface area contributed by atoms with E-state index in [-0.39, 0.29) is 5.82 Å². The van der Waals surface area contributed by atoms with Gasteiger partial charge < -0.3 is 4.57 Å². The van der Waals surface area contributed by atoms with E-state index >= 15 is 0 Å². The average molecular weight is 281 g/mol. The third-order valence-electron chi connectivity index (χ3n) is 4.87. The van der Waals surface area contributed by atoms with Crippen LogP contribution in [0.1, 0.15) is 44.6 Å². The van der Waals surface area contributed by atoms with E-state index in [0.29, 0.717) is 6.04 Å². The minimum Gasteiger partial charge on any atom is -0.335 e. The summed E-state index contributed by atoms with van der Waals surface area (Å²) >= 11 is 0. The standard InChI is InChI=1S/C19H20FN/c20-17-12-7-11-16-15-10-5-6-13-18(15)21(19(16)17)14-8-3-1-2-4-9-14/h5-7,10-14H,1-4,8-9H2. The van der Waals surface area contributed by atoms with E-state index < -0.39 is 0 Å². The third kappa shape index (κ3) is 2.05. The lowest BCUT2D eigenvalue weighted by Gasteiger charge is -2.19. The van der Waals surface area contributed by atoms with Crippen LogP contribution in [0.2, 0.25) is 0 Å². The molecule has 0 amide bonds. The molecular weight excluding hydrogens is 261 g/mol. The van der Waals surface area contributed by atoms with Gasteiger partial charge in [-0.3, -0.25) is 0 Å². The van der Waals surface area contributed by atoms with Gasteiger partial charge in [-0.15, -0.1) is 0 Å². The quantitative estimate of drug-likeness (QED) is 0.495. The Morgan fingerprint density at radius 1 is 0.810 bits per heavy atom. The fourth-order valence-corrected chi connectivity index (χ4v) is 3.90. The second kappa shape index (κ2) is 5.18. The van der Waals surface area contributed by atoms with E-state index in [0.717, 1.165) is 10.9 Å². The fourth-order valence-electron chi connectivity index (χ4n) is 3.90. The zero-order valence-electron chi connectivity index (χ0n) is 12.2. The lowest BCUT2D eigenvalue weighted by Crippen LogP contribution is -2.08. The Labute approximate surface area is 124 Å². The second-order valence-corrected chi connectivity index (χ2v) is 6.17. The number of benzene rings is 2. The average Bonchev–Trinajstić information content (AvgIpc) is 2.67. The normalized spacial score (nSPS) is 17.4. The largest absolute Gasteiger partial charge is 0.335 e. The highest BCUT2D eigenvalue weighted by molar-refractivity contribution is 6.08. The van der Waals surface area contributed by atoms with Gasteiger partial charge in [0.15, 0.2) is 0 Å². The summed E-state index contributed by atoms with van der Waals surface area (Å²) in [4.78, 5) is 0. The van der Waals surface area contributed by atoms with Gasteiger partial charge in [-0.2, -0.15) is 0 Å². The van der Waals surface area contributed by atoms with E-state index in [1.807, 2.05) is 18.2 Å². The third-order valence-corrected chi connectivity index (χ3v) is 4.87. The summed E-state index contributed by atoms with van der Waals surface area (Å²) in [5.74, 6) is -0.0899. The van der Waals surface area contributed by atoms with Crippen molar-refractivity contribution in [1.29, 1.82) is 0 Å². The molecule has 0 saturated heterocycles. The Kier molecular flexibility index (Phi) is 3.17. The van der Waals surface area contributed by atoms with E-state index in [1.165, 1.54) is 49.4 Å².